The molecule has 0 spiro atoms. The standard InChI is InChI=1S/C23H21FN2O6/c1-31-20(11-12-21(28)26-30)22(15-9-10-19(27)17(24)13-15)32-23(29)25-18-8-4-6-14-5-2-3-7-16(14)18/h2-13,20,22,27,30H,1H3,(H,25,29)(H,26,28)/b12-11+/t20-,22-/m0/s1. The van der Waals surface area contributed by atoms with Crippen molar-refractivity contribution in [3.8, 4) is 5.75 Å². The van der Waals surface area contributed by atoms with Crippen molar-refractivity contribution in [2.75, 3.05) is 12.4 Å². The Hall–Kier alpha value is -3.95. The summed E-state index contributed by atoms with van der Waals surface area (Å²) in [6.45, 7) is 0. The average molecular weight is 440 g/mol. The first-order valence-electron chi connectivity index (χ1n) is 9.51. The number of hydrogen-bond acceptors (Lipinski definition) is 6. The summed E-state index contributed by atoms with van der Waals surface area (Å²) >= 11 is 0. The van der Waals surface area contributed by atoms with Crippen molar-refractivity contribution in [2.24, 2.45) is 0 Å². The smallest absolute Gasteiger partial charge is 0.412 e. The minimum Gasteiger partial charge on any atom is -0.505 e. The number of hydrogen-bond donors (Lipinski definition) is 4. The molecule has 8 nitrogen and oxygen atoms in total. The Morgan fingerprint density at radius 1 is 1.09 bits per heavy atom. The number of methoxy groups -OCH3 is 1. The van der Waals surface area contributed by atoms with Gasteiger partial charge < -0.3 is 14.6 Å². The molecule has 32 heavy (non-hydrogen) atoms. The van der Waals surface area contributed by atoms with Crippen LogP contribution in [0.25, 0.3) is 10.8 Å². The Bertz CT molecular complexity index is 1150. The van der Waals surface area contributed by atoms with E-state index in [0.29, 0.717) is 5.69 Å². The number of carbonyl (C=O) groups excluding carboxylic acids is 2. The van der Waals surface area contributed by atoms with E-state index in [1.807, 2.05) is 30.3 Å². The van der Waals surface area contributed by atoms with Gasteiger partial charge in [0, 0.05) is 18.6 Å². The molecule has 0 aliphatic rings. The predicted octanol–water partition coefficient (Wildman–Crippen LogP) is 4.05. The number of amides is 2. The molecule has 0 heterocycles. The number of phenols is 1. The number of fused-ring (bicyclic) bond motifs is 1. The lowest BCUT2D eigenvalue weighted by atomic mass is 10.0. The molecule has 0 aromatic heterocycles. The molecule has 9 heteroatoms. The highest BCUT2D eigenvalue weighted by atomic mass is 19.1. The van der Waals surface area contributed by atoms with E-state index in [1.165, 1.54) is 24.7 Å². The maximum absolute atomic E-state index is 14.0. The van der Waals surface area contributed by atoms with Crippen LogP contribution in [0.2, 0.25) is 0 Å². The zero-order valence-corrected chi connectivity index (χ0v) is 17.0. The molecule has 2 atom stereocenters. The normalized spacial score (nSPS) is 13.0. The third-order valence-corrected chi connectivity index (χ3v) is 4.68. The van der Waals surface area contributed by atoms with Crippen molar-refractivity contribution in [1.82, 2.24) is 5.48 Å². The maximum atomic E-state index is 14.0. The van der Waals surface area contributed by atoms with E-state index in [1.54, 1.807) is 12.1 Å². The van der Waals surface area contributed by atoms with Gasteiger partial charge in [-0.3, -0.25) is 15.3 Å². The highest BCUT2D eigenvalue weighted by Gasteiger charge is 2.27. The number of nitrogens with one attached hydrogen (secondary N) is 2. The predicted molar refractivity (Wildman–Crippen MR) is 115 cm³/mol. The Labute approximate surface area is 182 Å². The zero-order valence-electron chi connectivity index (χ0n) is 17.0. The average Bonchev–Trinajstić information content (AvgIpc) is 2.80. The van der Waals surface area contributed by atoms with Crippen LogP contribution < -0.4 is 10.8 Å². The third-order valence-electron chi connectivity index (χ3n) is 4.68. The lowest BCUT2D eigenvalue weighted by molar-refractivity contribution is -0.124. The fourth-order valence-corrected chi connectivity index (χ4v) is 3.14. The van der Waals surface area contributed by atoms with E-state index < -0.39 is 35.8 Å². The highest BCUT2D eigenvalue weighted by Crippen LogP contribution is 2.29. The number of ether oxygens (including phenoxy) is 2. The van der Waals surface area contributed by atoms with Crippen molar-refractivity contribution < 1.29 is 33.8 Å². The highest BCUT2D eigenvalue weighted by molar-refractivity contribution is 6.00. The molecule has 0 radical (unpaired) electrons. The van der Waals surface area contributed by atoms with Gasteiger partial charge in [-0.1, -0.05) is 42.5 Å². The second-order valence-electron chi connectivity index (χ2n) is 6.72. The first kappa shape index (κ1) is 22.7. The fourth-order valence-electron chi connectivity index (χ4n) is 3.14. The lowest BCUT2D eigenvalue weighted by Gasteiger charge is -2.24. The first-order valence-corrected chi connectivity index (χ1v) is 9.51. The number of benzene rings is 3. The van der Waals surface area contributed by atoms with E-state index in [-0.39, 0.29) is 5.56 Å². The van der Waals surface area contributed by atoms with Crippen LogP contribution >= 0.6 is 0 Å². The van der Waals surface area contributed by atoms with Gasteiger partial charge in [0.15, 0.2) is 17.7 Å². The first-order chi connectivity index (χ1) is 15.4. The lowest BCUT2D eigenvalue weighted by Crippen LogP contribution is -2.27. The molecular formula is C23H21FN2O6. The van der Waals surface area contributed by atoms with Gasteiger partial charge in [0.05, 0.1) is 5.69 Å². The summed E-state index contributed by atoms with van der Waals surface area (Å²) in [7, 11) is 1.31. The molecule has 4 N–H and O–H groups in total. The number of hydroxylamine groups is 1. The van der Waals surface area contributed by atoms with Crippen molar-refractivity contribution >= 4 is 28.5 Å². The number of aromatic hydroxyl groups is 1. The molecule has 0 saturated heterocycles. The van der Waals surface area contributed by atoms with E-state index in [2.05, 4.69) is 5.32 Å². The van der Waals surface area contributed by atoms with Gasteiger partial charge in [-0.05, 0) is 35.2 Å². The fraction of sp³-hybridized carbons (Fsp3) is 0.130. The Morgan fingerprint density at radius 2 is 1.84 bits per heavy atom. The van der Waals surface area contributed by atoms with Gasteiger partial charge in [0.25, 0.3) is 5.91 Å². The number of rotatable bonds is 7. The largest absolute Gasteiger partial charge is 0.505 e. The van der Waals surface area contributed by atoms with Crippen LogP contribution in [-0.2, 0) is 14.3 Å². The van der Waals surface area contributed by atoms with Crippen LogP contribution in [0.15, 0.2) is 72.8 Å². The van der Waals surface area contributed by atoms with E-state index in [4.69, 9.17) is 14.7 Å². The molecule has 0 unspecified atom stereocenters. The summed E-state index contributed by atoms with van der Waals surface area (Å²) in [5, 5.41) is 22.5. The molecule has 166 valence electrons. The van der Waals surface area contributed by atoms with Crippen molar-refractivity contribution in [1.29, 1.82) is 0 Å². The summed E-state index contributed by atoms with van der Waals surface area (Å²) in [6.07, 6.45) is -0.833. The molecule has 3 rings (SSSR count). The van der Waals surface area contributed by atoms with E-state index >= 15 is 0 Å². The van der Waals surface area contributed by atoms with Crippen LogP contribution in [-0.4, -0.2) is 35.5 Å². The summed E-state index contributed by atoms with van der Waals surface area (Å²) in [5.74, 6) is -2.32. The minimum absolute atomic E-state index is 0.175. The SMILES string of the molecule is CO[C@@H](/C=C/C(=O)NO)[C@@H](OC(=O)Nc1cccc2ccccc12)c1ccc(O)c(F)c1. The van der Waals surface area contributed by atoms with Crippen molar-refractivity contribution in [2.45, 2.75) is 12.2 Å². The number of anilines is 1. The molecule has 0 aliphatic carbocycles. The summed E-state index contributed by atoms with van der Waals surface area (Å²) in [4.78, 5) is 24.1. The van der Waals surface area contributed by atoms with Gasteiger partial charge in [0.1, 0.15) is 6.10 Å². The van der Waals surface area contributed by atoms with Crippen LogP contribution in [0.5, 0.6) is 5.75 Å². The zero-order chi connectivity index (χ0) is 23.1. The van der Waals surface area contributed by atoms with Gasteiger partial charge in [-0.2, -0.15) is 0 Å². The maximum Gasteiger partial charge on any atom is 0.412 e. The third kappa shape index (κ3) is 5.39. The Balaban J connectivity index is 1.90. The van der Waals surface area contributed by atoms with Crippen LogP contribution in [0.3, 0.4) is 0 Å². The molecule has 0 saturated carbocycles. The van der Waals surface area contributed by atoms with Gasteiger partial charge >= 0.3 is 6.09 Å². The van der Waals surface area contributed by atoms with Gasteiger partial charge in [-0.25, -0.2) is 14.7 Å². The van der Waals surface area contributed by atoms with Crippen LogP contribution in [0.1, 0.15) is 11.7 Å². The summed E-state index contributed by atoms with van der Waals surface area (Å²) < 4.78 is 24.8. The quantitative estimate of drug-likeness (QED) is 0.250. The van der Waals surface area contributed by atoms with Crippen molar-refractivity contribution in [3.63, 3.8) is 0 Å². The van der Waals surface area contributed by atoms with Gasteiger partial charge in [0.2, 0.25) is 0 Å². The summed E-state index contributed by atoms with van der Waals surface area (Å²) in [5.41, 5.74) is 2.12. The van der Waals surface area contributed by atoms with E-state index in [0.717, 1.165) is 29.0 Å². The Morgan fingerprint density at radius 3 is 2.56 bits per heavy atom. The van der Waals surface area contributed by atoms with Crippen LogP contribution in [0.4, 0.5) is 14.9 Å². The molecule has 0 fully saturated rings. The second kappa shape index (κ2) is 10.4. The number of halogens is 1. The van der Waals surface area contributed by atoms with E-state index in [9.17, 15) is 19.1 Å². The molecule has 2 amide bonds. The molecule has 0 bridgehead atoms. The van der Waals surface area contributed by atoms with Crippen LogP contribution in [0, 0.1) is 5.82 Å². The molecule has 3 aromatic carbocycles. The topological polar surface area (TPSA) is 117 Å². The molecular weight excluding hydrogens is 419 g/mol. The van der Waals surface area contributed by atoms with Crippen molar-refractivity contribution in [3.05, 3.63) is 84.2 Å². The Kier molecular flexibility index (Phi) is 7.37. The van der Waals surface area contributed by atoms with Gasteiger partial charge in [-0.15, -0.1) is 0 Å². The summed E-state index contributed by atoms with van der Waals surface area (Å²) in [6, 6.07) is 16.3. The monoisotopic (exact) mass is 440 g/mol. The second-order valence-corrected chi connectivity index (χ2v) is 6.72. The molecule has 3 aromatic rings. The number of carbonyl (C=O) groups is 2. The molecule has 0 aliphatic heterocycles. The minimum atomic E-state index is -1.19. The number of phenolic OH excluding ortho intramolecular Hbond substituents is 1.